The van der Waals surface area contributed by atoms with Gasteiger partial charge in [0, 0.05) is 0 Å². The summed E-state index contributed by atoms with van der Waals surface area (Å²) >= 11 is 0.818. The number of para-hydroxylation sites is 1. The first-order chi connectivity index (χ1) is 10.0. The number of tetrazole rings is 1. The normalized spacial score (nSPS) is 10.0. The Bertz CT molecular complexity index is 752. The fraction of sp³-hybridized carbons (Fsp3) is 0.100. The Balaban J connectivity index is 2.41. The number of aliphatic carboxylic acids is 1. The summed E-state index contributed by atoms with van der Waals surface area (Å²) in [6, 6.07) is 5.98. The van der Waals surface area contributed by atoms with Crippen LogP contribution < -0.4 is 0 Å². The molecule has 2 aromatic rings. The quantitative estimate of drug-likeness (QED) is 0.621. The molecule has 0 fully saturated rings. The summed E-state index contributed by atoms with van der Waals surface area (Å²) in [6.45, 7) is -0.471. The Labute approximate surface area is 121 Å². The van der Waals surface area contributed by atoms with E-state index in [1.165, 1.54) is 18.2 Å². The lowest BCUT2D eigenvalue weighted by Crippen LogP contribution is -2.11. The second-order valence-electron chi connectivity index (χ2n) is 3.64. The third-order valence-electron chi connectivity index (χ3n) is 2.29. The van der Waals surface area contributed by atoms with Gasteiger partial charge >= 0.3 is 11.7 Å². The van der Waals surface area contributed by atoms with Crippen LogP contribution in [0.5, 0.6) is 0 Å². The minimum absolute atomic E-state index is 0.0792. The van der Waals surface area contributed by atoms with Crippen LogP contribution in [0.15, 0.2) is 28.3 Å². The van der Waals surface area contributed by atoms with E-state index in [-0.39, 0.29) is 21.3 Å². The molecule has 0 bridgehead atoms. The van der Waals surface area contributed by atoms with Crippen molar-refractivity contribution in [3.05, 3.63) is 33.9 Å². The lowest BCUT2D eigenvalue weighted by Gasteiger charge is -2.03. The molecule has 21 heavy (non-hydrogen) atoms. The lowest BCUT2D eigenvalue weighted by atomic mass is 10.2. The van der Waals surface area contributed by atoms with Crippen LogP contribution in [0.25, 0.3) is 0 Å². The standard InChI is InChI=1S/C10H6N6O4S/c11-4-6-2-1-3-7(9(6)16(19)20)21-10-12-13-14-15(10)5-8(17)18/h1-3H,5H2,(H,17,18). The highest BCUT2D eigenvalue weighted by Gasteiger charge is 2.22. The molecule has 11 heteroatoms. The Morgan fingerprint density at radius 3 is 2.95 bits per heavy atom. The number of nitrogens with zero attached hydrogens (tertiary/aromatic N) is 6. The molecular weight excluding hydrogens is 300 g/mol. The average molecular weight is 306 g/mol. The summed E-state index contributed by atoms with van der Waals surface area (Å²) in [7, 11) is 0. The summed E-state index contributed by atoms with van der Waals surface area (Å²) < 4.78 is 0.996. The van der Waals surface area contributed by atoms with Gasteiger partial charge in [0.2, 0.25) is 5.16 Å². The molecule has 0 saturated heterocycles. The van der Waals surface area contributed by atoms with Gasteiger partial charge < -0.3 is 5.11 Å². The number of benzene rings is 1. The Hall–Kier alpha value is -3.00. The third-order valence-corrected chi connectivity index (χ3v) is 3.31. The molecule has 1 heterocycles. The van der Waals surface area contributed by atoms with Crippen LogP contribution in [0.3, 0.4) is 0 Å². The van der Waals surface area contributed by atoms with Gasteiger partial charge in [-0.05, 0) is 34.3 Å². The molecule has 0 atom stereocenters. The first-order valence-electron chi connectivity index (χ1n) is 5.36. The second-order valence-corrected chi connectivity index (χ2v) is 4.65. The van der Waals surface area contributed by atoms with Gasteiger partial charge in [0.25, 0.3) is 0 Å². The van der Waals surface area contributed by atoms with Gasteiger partial charge in [-0.25, -0.2) is 4.68 Å². The van der Waals surface area contributed by atoms with Crippen LogP contribution in [0, 0.1) is 21.4 Å². The van der Waals surface area contributed by atoms with Gasteiger partial charge in [0.1, 0.15) is 18.2 Å². The molecule has 1 aromatic carbocycles. The summed E-state index contributed by atoms with van der Waals surface area (Å²) in [5, 5.41) is 39.2. The molecule has 2 rings (SSSR count). The highest BCUT2D eigenvalue weighted by atomic mass is 32.2. The number of carbonyl (C=O) groups is 1. The van der Waals surface area contributed by atoms with Crippen molar-refractivity contribution >= 4 is 23.4 Å². The number of carboxylic acids is 1. The van der Waals surface area contributed by atoms with Gasteiger partial charge in [-0.3, -0.25) is 14.9 Å². The first kappa shape index (κ1) is 14.4. The van der Waals surface area contributed by atoms with Crippen LogP contribution in [-0.2, 0) is 11.3 Å². The fourth-order valence-electron chi connectivity index (χ4n) is 1.48. The first-order valence-corrected chi connectivity index (χ1v) is 6.18. The van der Waals surface area contributed by atoms with E-state index >= 15 is 0 Å². The van der Waals surface area contributed by atoms with Crippen molar-refractivity contribution < 1.29 is 14.8 Å². The van der Waals surface area contributed by atoms with Crippen molar-refractivity contribution in [1.29, 1.82) is 5.26 Å². The molecular formula is C10H6N6O4S. The van der Waals surface area contributed by atoms with E-state index in [4.69, 9.17) is 10.4 Å². The molecule has 0 saturated carbocycles. The topological polar surface area (TPSA) is 148 Å². The molecule has 0 unspecified atom stereocenters. The van der Waals surface area contributed by atoms with Crippen molar-refractivity contribution in [3.8, 4) is 6.07 Å². The molecule has 0 aliphatic carbocycles. The summed E-state index contributed by atoms with van der Waals surface area (Å²) in [4.78, 5) is 21.2. The van der Waals surface area contributed by atoms with Crippen LogP contribution in [0.4, 0.5) is 5.69 Å². The minimum atomic E-state index is -1.15. The number of nitro groups is 1. The zero-order valence-electron chi connectivity index (χ0n) is 10.2. The number of hydrogen-bond acceptors (Lipinski definition) is 8. The molecule has 0 aliphatic rings. The van der Waals surface area contributed by atoms with E-state index < -0.39 is 17.4 Å². The zero-order valence-corrected chi connectivity index (χ0v) is 11.0. The number of rotatable bonds is 5. The van der Waals surface area contributed by atoms with Gasteiger partial charge in [0.05, 0.1) is 9.82 Å². The van der Waals surface area contributed by atoms with Gasteiger partial charge in [-0.2, -0.15) is 5.26 Å². The Morgan fingerprint density at radius 2 is 2.33 bits per heavy atom. The largest absolute Gasteiger partial charge is 0.480 e. The molecule has 0 radical (unpaired) electrons. The molecule has 1 N–H and O–H groups in total. The summed E-state index contributed by atoms with van der Waals surface area (Å²) in [5.41, 5.74) is -0.461. The molecule has 1 aromatic heterocycles. The number of carboxylic acid groups (broad SMARTS) is 1. The van der Waals surface area contributed by atoms with Gasteiger partial charge in [-0.1, -0.05) is 6.07 Å². The predicted octanol–water partition coefficient (Wildman–Crippen LogP) is 0.689. The molecule has 10 nitrogen and oxygen atoms in total. The van der Waals surface area contributed by atoms with Crippen molar-refractivity contribution in [2.75, 3.05) is 0 Å². The number of aromatic nitrogens is 4. The Kier molecular flexibility index (Phi) is 4.10. The fourth-order valence-corrected chi connectivity index (χ4v) is 2.39. The highest BCUT2D eigenvalue weighted by molar-refractivity contribution is 7.99. The number of nitro benzene ring substituents is 1. The average Bonchev–Trinajstić information content (AvgIpc) is 2.84. The molecule has 0 aliphatic heterocycles. The zero-order chi connectivity index (χ0) is 15.4. The monoisotopic (exact) mass is 306 g/mol. The highest BCUT2D eigenvalue weighted by Crippen LogP contribution is 2.35. The van der Waals surface area contributed by atoms with Crippen molar-refractivity contribution in [2.24, 2.45) is 0 Å². The van der Waals surface area contributed by atoms with E-state index in [0.717, 1.165) is 16.4 Å². The van der Waals surface area contributed by atoms with Crippen LogP contribution >= 0.6 is 11.8 Å². The minimum Gasteiger partial charge on any atom is -0.480 e. The molecule has 0 spiro atoms. The number of nitriles is 1. The van der Waals surface area contributed by atoms with E-state index in [0.29, 0.717) is 0 Å². The third kappa shape index (κ3) is 3.12. The Morgan fingerprint density at radius 1 is 1.57 bits per heavy atom. The van der Waals surface area contributed by atoms with E-state index in [1.807, 2.05) is 0 Å². The van der Waals surface area contributed by atoms with E-state index in [2.05, 4.69) is 15.5 Å². The smallest absolute Gasteiger partial charge is 0.325 e. The van der Waals surface area contributed by atoms with Crippen molar-refractivity contribution in [2.45, 2.75) is 16.6 Å². The summed E-state index contributed by atoms with van der Waals surface area (Å²) in [5.74, 6) is -1.15. The molecule has 0 amide bonds. The van der Waals surface area contributed by atoms with Crippen LogP contribution in [0.1, 0.15) is 5.56 Å². The predicted molar refractivity (Wildman–Crippen MR) is 67.4 cm³/mol. The van der Waals surface area contributed by atoms with E-state index in [1.54, 1.807) is 6.07 Å². The summed E-state index contributed by atoms with van der Waals surface area (Å²) in [6.07, 6.45) is 0. The SMILES string of the molecule is N#Cc1cccc(Sc2nnnn2CC(=O)O)c1[N+](=O)[O-]. The lowest BCUT2D eigenvalue weighted by molar-refractivity contribution is -0.388. The van der Waals surface area contributed by atoms with Gasteiger partial charge in [0.15, 0.2) is 0 Å². The van der Waals surface area contributed by atoms with Crippen molar-refractivity contribution in [3.63, 3.8) is 0 Å². The van der Waals surface area contributed by atoms with E-state index in [9.17, 15) is 14.9 Å². The maximum atomic E-state index is 11.1. The maximum absolute atomic E-state index is 11.1. The second kappa shape index (κ2) is 5.97. The van der Waals surface area contributed by atoms with Crippen LogP contribution in [-0.4, -0.2) is 36.2 Å². The van der Waals surface area contributed by atoms with Gasteiger partial charge in [-0.15, -0.1) is 5.10 Å². The van der Waals surface area contributed by atoms with Crippen LogP contribution in [0.2, 0.25) is 0 Å². The number of hydrogen-bond donors (Lipinski definition) is 1. The van der Waals surface area contributed by atoms with Crippen molar-refractivity contribution in [1.82, 2.24) is 20.2 Å². The maximum Gasteiger partial charge on any atom is 0.325 e. The molecule has 106 valence electrons.